The number of aromatic nitrogens is 3. The maximum Gasteiger partial charge on any atom is 0.322 e. The molecule has 0 radical (unpaired) electrons. The van der Waals surface area contributed by atoms with Gasteiger partial charge < -0.3 is 15.2 Å². The summed E-state index contributed by atoms with van der Waals surface area (Å²) in [6, 6.07) is 7.84. The zero-order valence-electron chi connectivity index (χ0n) is 11.5. The Morgan fingerprint density at radius 3 is 2.60 bits per heavy atom. The minimum Gasteiger partial charge on any atom is -0.496 e. The van der Waals surface area contributed by atoms with E-state index in [4.69, 9.17) is 15.2 Å². The van der Waals surface area contributed by atoms with Crippen LogP contribution in [0.2, 0.25) is 0 Å². The molecule has 0 saturated heterocycles. The number of anilines is 1. The first-order chi connectivity index (χ1) is 9.58. The Bertz CT molecular complexity index is 592. The average Bonchev–Trinajstić information content (AvgIpc) is 2.37. The van der Waals surface area contributed by atoms with E-state index in [1.807, 2.05) is 38.1 Å². The second-order valence-electron chi connectivity index (χ2n) is 4.18. The fourth-order valence-corrected chi connectivity index (χ4v) is 2.32. The van der Waals surface area contributed by atoms with Crippen LogP contribution >= 0.6 is 11.8 Å². The molecular formula is C13H16N4O2S. The second-order valence-corrected chi connectivity index (χ2v) is 5.19. The summed E-state index contributed by atoms with van der Waals surface area (Å²) in [5.74, 6) is 0.885. The first-order valence-electron chi connectivity index (χ1n) is 6.07. The molecule has 0 spiro atoms. The molecule has 0 aliphatic heterocycles. The fourth-order valence-electron chi connectivity index (χ4n) is 1.46. The predicted molar refractivity (Wildman–Crippen MR) is 77.1 cm³/mol. The Balaban J connectivity index is 2.26. The van der Waals surface area contributed by atoms with E-state index in [-0.39, 0.29) is 18.1 Å². The van der Waals surface area contributed by atoms with Crippen molar-refractivity contribution in [2.75, 3.05) is 12.8 Å². The number of nitrogens with zero attached hydrogens (tertiary/aromatic N) is 3. The van der Waals surface area contributed by atoms with E-state index in [0.717, 1.165) is 10.6 Å². The molecule has 1 heterocycles. The largest absolute Gasteiger partial charge is 0.496 e. The molecule has 0 atom stereocenters. The van der Waals surface area contributed by atoms with Gasteiger partial charge in [-0.15, -0.1) is 0 Å². The summed E-state index contributed by atoms with van der Waals surface area (Å²) in [6.07, 6.45) is -0.0269. The van der Waals surface area contributed by atoms with Crippen LogP contribution in [0.15, 0.2) is 34.3 Å². The Kier molecular flexibility index (Phi) is 4.62. The van der Waals surface area contributed by atoms with E-state index in [9.17, 15) is 0 Å². The summed E-state index contributed by atoms with van der Waals surface area (Å²) < 4.78 is 10.7. The lowest BCUT2D eigenvalue weighted by molar-refractivity contribution is 0.219. The maximum absolute atomic E-state index is 5.67. The fraction of sp³-hybridized carbons (Fsp3) is 0.308. The van der Waals surface area contributed by atoms with Gasteiger partial charge >= 0.3 is 6.01 Å². The first kappa shape index (κ1) is 14.4. The SMILES string of the molecule is COc1ccccc1Sc1nc(N)nc(OC(C)C)n1. The van der Waals surface area contributed by atoms with Crippen molar-refractivity contribution in [3.8, 4) is 11.8 Å². The third-order valence-electron chi connectivity index (χ3n) is 2.22. The number of hydrogen-bond acceptors (Lipinski definition) is 7. The number of para-hydroxylation sites is 1. The van der Waals surface area contributed by atoms with Crippen LogP contribution in [-0.2, 0) is 0 Å². The van der Waals surface area contributed by atoms with Crippen LogP contribution in [-0.4, -0.2) is 28.2 Å². The first-order valence-corrected chi connectivity index (χ1v) is 6.89. The highest BCUT2D eigenvalue weighted by atomic mass is 32.2. The van der Waals surface area contributed by atoms with Gasteiger partial charge in [0.1, 0.15) is 5.75 Å². The molecule has 0 aliphatic carbocycles. The molecule has 20 heavy (non-hydrogen) atoms. The van der Waals surface area contributed by atoms with Crippen LogP contribution in [0.25, 0.3) is 0 Å². The summed E-state index contributed by atoms with van der Waals surface area (Å²) in [5.41, 5.74) is 5.67. The van der Waals surface area contributed by atoms with Crippen molar-refractivity contribution in [1.82, 2.24) is 15.0 Å². The molecule has 1 aromatic heterocycles. The molecule has 7 heteroatoms. The van der Waals surface area contributed by atoms with Gasteiger partial charge in [-0.05, 0) is 37.7 Å². The normalized spacial score (nSPS) is 10.6. The van der Waals surface area contributed by atoms with E-state index in [0.29, 0.717) is 5.16 Å². The van der Waals surface area contributed by atoms with Gasteiger partial charge in [-0.3, -0.25) is 0 Å². The van der Waals surface area contributed by atoms with E-state index in [2.05, 4.69) is 15.0 Å². The Labute approximate surface area is 121 Å². The number of nitrogen functional groups attached to an aromatic ring is 1. The second kappa shape index (κ2) is 6.42. The topological polar surface area (TPSA) is 83.2 Å². The molecule has 106 valence electrons. The number of ether oxygens (including phenoxy) is 2. The summed E-state index contributed by atoms with van der Waals surface area (Å²) in [4.78, 5) is 13.2. The lowest BCUT2D eigenvalue weighted by Crippen LogP contribution is -2.10. The predicted octanol–water partition coefficient (Wildman–Crippen LogP) is 2.40. The third-order valence-corrected chi connectivity index (χ3v) is 3.15. The minimum absolute atomic E-state index is 0.0269. The van der Waals surface area contributed by atoms with Crippen LogP contribution < -0.4 is 15.2 Å². The van der Waals surface area contributed by atoms with E-state index in [1.54, 1.807) is 7.11 Å². The molecule has 2 rings (SSSR count). The quantitative estimate of drug-likeness (QED) is 0.905. The van der Waals surface area contributed by atoms with Crippen LogP contribution in [0.5, 0.6) is 11.8 Å². The molecule has 0 amide bonds. The Morgan fingerprint density at radius 2 is 1.90 bits per heavy atom. The van der Waals surface area contributed by atoms with Crippen LogP contribution in [0.4, 0.5) is 5.95 Å². The third kappa shape index (κ3) is 3.74. The highest BCUT2D eigenvalue weighted by Gasteiger charge is 2.11. The van der Waals surface area contributed by atoms with E-state index < -0.39 is 0 Å². The highest BCUT2D eigenvalue weighted by molar-refractivity contribution is 7.99. The van der Waals surface area contributed by atoms with Gasteiger partial charge in [0.25, 0.3) is 0 Å². The smallest absolute Gasteiger partial charge is 0.322 e. The molecular weight excluding hydrogens is 276 g/mol. The molecule has 2 N–H and O–H groups in total. The lowest BCUT2D eigenvalue weighted by atomic mass is 10.3. The molecule has 0 bridgehead atoms. The number of nitrogens with two attached hydrogens (primary N) is 1. The Hall–Kier alpha value is -2.02. The molecule has 0 fully saturated rings. The number of benzene rings is 1. The van der Waals surface area contributed by atoms with Gasteiger partial charge in [-0.1, -0.05) is 12.1 Å². The zero-order valence-corrected chi connectivity index (χ0v) is 12.3. The van der Waals surface area contributed by atoms with Crippen LogP contribution in [0, 0.1) is 0 Å². The zero-order chi connectivity index (χ0) is 14.5. The molecule has 6 nitrogen and oxygen atoms in total. The van der Waals surface area contributed by atoms with E-state index in [1.165, 1.54) is 11.8 Å². The van der Waals surface area contributed by atoms with Crippen molar-refractivity contribution < 1.29 is 9.47 Å². The molecule has 2 aromatic rings. The van der Waals surface area contributed by atoms with Gasteiger partial charge in [-0.25, -0.2) is 0 Å². The summed E-state index contributed by atoms with van der Waals surface area (Å²) in [7, 11) is 1.62. The number of hydrogen-bond donors (Lipinski definition) is 1. The van der Waals surface area contributed by atoms with Crippen LogP contribution in [0.3, 0.4) is 0 Å². The van der Waals surface area contributed by atoms with Crippen molar-refractivity contribution in [2.45, 2.75) is 30.0 Å². The van der Waals surface area contributed by atoms with E-state index >= 15 is 0 Å². The van der Waals surface area contributed by atoms with Gasteiger partial charge in [-0.2, -0.15) is 15.0 Å². The Morgan fingerprint density at radius 1 is 1.15 bits per heavy atom. The van der Waals surface area contributed by atoms with Crippen molar-refractivity contribution >= 4 is 17.7 Å². The lowest BCUT2D eigenvalue weighted by Gasteiger charge is -2.10. The van der Waals surface area contributed by atoms with Crippen molar-refractivity contribution in [1.29, 1.82) is 0 Å². The minimum atomic E-state index is -0.0269. The summed E-state index contributed by atoms with van der Waals surface area (Å²) in [5, 5.41) is 0.470. The van der Waals surface area contributed by atoms with Gasteiger partial charge in [0, 0.05) is 0 Å². The van der Waals surface area contributed by atoms with Crippen molar-refractivity contribution in [2.24, 2.45) is 0 Å². The molecule has 0 saturated carbocycles. The summed E-state index contributed by atoms with van der Waals surface area (Å²) >= 11 is 1.35. The average molecular weight is 292 g/mol. The molecule has 1 aromatic carbocycles. The maximum atomic E-state index is 5.67. The van der Waals surface area contributed by atoms with Crippen LogP contribution in [0.1, 0.15) is 13.8 Å². The summed E-state index contributed by atoms with van der Waals surface area (Å²) in [6.45, 7) is 3.79. The number of rotatable bonds is 5. The monoisotopic (exact) mass is 292 g/mol. The standard InChI is InChI=1S/C13H16N4O2S/c1-8(2)19-12-15-11(14)16-13(17-12)20-10-7-5-4-6-9(10)18-3/h4-8H,1-3H3,(H2,14,15,16,17). The molecule has 0 aliphatic rings. The van der Waals surface area contributed by atoms with Crippen molar-refractivity contribution in [3.05, 3.63) is 24.3 Å². The van der Waals surface area contributed by atoms with Crippen molar-refractivity contribution in [3.63, 3.8) is 0 Å². The molecule has 0 unspecified atom stereocenters. The van der Waals surface area contributed by atoms with Gasteiger partial charge in [0.2, 0.25) is 11.1 Å². The van der Waals surface area contributed by atoms with Gasteiger partial charge in [0.05, 0.1) is 18.1 Å². The number of methoxy groups -OCH3 is 1. The van der Waals surface area contributed by atoms with Gasteiger partial charge in [0.15, 0.2) is 0 Å². The highest BCUT2D eigenvalue weighted by Crippen LogP contribution is 2.33.